The van der Waals surface area contributed by atoms with Crippen molar-refractivity contribution in [2.75, 3.05) is 25.1 Å². The van der Waals surface area contributed by atoms with Crippen molar-refractivity contribution < 1.29 is 4.74 Å². The summed E-state index contributed by atoms with van der Waals surface area (Å²) in [5, 5.41) is 4.80. The van der Waals surface area contributed by atoms with E-state index in [1.165, 1.54) is 16.6 Å². The number of halogens is 1. The van der Waals surface area contributed by atoms with Crippen LogP contribution in [-0.2, 0) is 4.74 Å². The lowest BCUT2D eigenvalue weighted by molar-refractivity contribution is -0.0924. The lowest BCUT2D eigenvalue weighted by Crippen LogP contribution is -2.45. The first-order valence-electron chi connectivity index (χ1n) is 6.87. The molecule has 4 heteroatoms. The Morgan fingerprint density at radius 3 is 2.75 bits per heavy atom. The summed E-state index contributed by atoms with van der Waals surface area (Å²) in [6.07, 6.45) is 0. The van der Waals surface area contributed by atoms with Crippen molar-refractivity contribution in [2.24, 2.45) is 5.41 Å². The Morgan fingerprint density at radius 2 is 2.10 bits per heavy atom. The van der Waals surface area contributed by atoms with E-state index in [9.17, 15) is 0 Å². The normalized spacial score (nSPS) is 17.0. The van der Waals surface area contributed by atoms with Crippen molar-refractivity contribution in [3.05, 3.63) is 33.9 Å². The molecule has 20 heavy (non-hydrogen) atoms. The van der Waals surface area contributed by atoms with Crippen LogP contribution in [0.2, 0.25) is 0 Å². The number of anilines is 1. The summed E-state index contributed by atoms with van der Waals surface area (Å²) in [5.41, 5.74) is 4.79. The smallest absolute Gasteiger partial charge is 0.0726 e. The number of rotatable bonds is 3. The molecule has 106 valence electrons. The second-order valence-electron chi connectivity index (χ2n) is 6.02. The fourth-order valence-electron chi connectivity index (χ4n) is 2.54. The average Bonchev–Trinajstić information content (AvgIpc) is 2.38. The van der Waals surface area contributed by atoms with E-state index in [0.29, 0.717) is 0 Å². The topological polar surface area (TPSA) is 34.2 Å². The highest BCUT2D eigenvalue weighted by Gasteiger charge is 2.33. The Morgan fingerprint density at radius 1 is 1.35 bits per heavy atom. The van der Waals surface area contributed by atoms with Crippen LogP contribution in [0.5, 0.6) is 0 Å². The van der Waals surface area contributed by atoms with E-state index in [2.05, 4.69) is 59.1 Å². The maximum atomic E-state index is 5.33. The summed E-state index contributed by atoms with van der Waals surface area (Å²) in [4.78, 5) is 4.67. The van der Waals surface area contributed by atoms with Crippen molar-refractivity contribution in [2.45, 2.75) is 20.8 Å². The van der Waals surface area contributed by atoms with Gasteiger partial charge in [0.15, 0.2) is 0 Å². The molecule has 1 fully saturated rings. The molecule has 1 N–H and O–H groups in total. The number of nitrogens with one attached hydrogen (secondary N) is 1. The fraction of sp³-hybridized carbons (Fsp3) is 0.438. The monoisotopic (exact) mass is 334 g/mol. The van der Waals surface area contributed by atoms with Crippen molar-refractivity contribution >= 4 is 32.5 Å². The number of aromatic nitrogens is 1. The van der Waals surface area contributed by atoms with Gasteiger partial charge in [-0.05, 0) is 37.6 Å². The second kappa shape index (κ2) is 5.01. The third-order valence-corrected chi connectivity index (χ3v) is 4.52. The number of pyridine rings is 1. The number of hydrogen-bond donors (Lipinski definition) is 1. The Labute approximate surface area is 127 Å². The van der Waals surface area contributed by atoms with Crippen molar-refractivity contribution in [3.63, 3.8) is 0 Å². The zero-order chi connectivity index (χ0) is 14.3. The second-order valence-corrected chi connectivity index (χ2v) is 6.93. The van der Waals surface area contributed by atoms with Gasteiger partial charge in [0.1, 0.15) is 0 Å². The van der Waals surface area contributed by atoms with Crippen LogP contribution in [0.3, 0.4) is 0 Å². The van der Waals surface area contributed by atoms with Gasteiger partial charge >= 0.3 is 0 Å². The first-order chi connectivity index (χ1) is 9.48. The molecule has 3 rings (SSSR count). The SMILES string of the molecule is Cc1nc2ccc(Br)cc2c(NCC2(C)COC2)c1C. The van der Waals surface area contributed by atoms with Gasteiger partial charge in [0.2, 0.25) is 0 Å². The summed E-state index contributed by atoms with van der Waals surface area (Å²) in [5.74, 6) is 0. The molecule has 0 unspecified atom stereocenters. The number of fused-ring (bicyclic) bond motifs is 1. The third-order valence-electron chi connectivity index (χ3n) is 4.03. The van der Waals surface area contributed by atoms with Gasteiger partial charge in [-0.25, -0.2) is 0 Å². The molecular weight excluding hydrogens is 316 g/mol. The van der Waals surface area contributed by atoms with Crippen LogP contribution in [0.1, 0.15) is 18.2 Å². The highest BCUT2D eigenvalue weighted by molar-refractivity contribution is 9.10. The van der Waals surface area contributed by atoms with E-state index >= 15 is 0 Å². The van der Waals surface area contributed by atoms with Crippen LogP contribution in [0, 0.1) is 19.3 Å². The van der Waals surface area contributed by atoms with Gasteiger partial charge < -0.3 is 10.1 Å². The van der Waals surface area contributed by atoms with E-state index in [1.54, 1.807) is 0 Å². The van der Waals surface area contributed by atoms with E-state index < -0.39 is 0 Å². The largest absolute Gasteiger partial charge is 0.384 e. The molecule has 0 aliphatic carbocycles. The van der Waals surface area contributed by atoms with E-state index in [-0.39, 0.29) is 5.41 Å². The summed E-state index contributed by atoms with van der Waals surface area (Å²) in [7, 11) is 0. The molecular formula is C16H19BrN2O. The molecule has 0 radical (unpaired) electrons. The highest BCUT2D eigenvalue weighted by atomic mass is 79.9. The molecule has 2 aromatic rings. The molecule has 1 aromatic carbocycles. The Hall–Kier alpha value is -1.13. The van der Waals surface area contributed by atoms with Crippen LogP contribution in [-0.4, -0.2) is 24.7 Å². The minimum atomic E-state index is 0.252. The lowest BCUT2D eigenvalue weighted by atomic mass is 9.88. The van der Waals surface area contributed by atoms with Crippen LogP contribution in [0.25, 0.3) is 10.9 Å². The molecule has 1 aromatic heterocycles. The quantitative estimate of drug-likeness (QED) is 0.918. The number of nitrogens with zero attached hydrogens (tertiary/aromatic N) is 1. The summed E-state index contributed by atoms with van der Waals surface area (Å²) < 4.78 is 6.41. The number of benzene rings is 1. The van der Waals surface area contributed by atoms with Gasteiger partial charge in [-0.2, -0.15) is 0 Å². The van der Waals surface area contributed by atoms with Crippen LogP contribution < -0.4 is 5.32 Å². The molecule has 1 saturated heterocycles. The molecule has 0 amide bonds. The molecule has 1 aliphatic rings. The lowest BCUT2D eigenvalue weighted by Gasteiger charge is -2.38. The van der Waals surface area contributed by atoms with Crippen molar-refractivity contribution in [1.82, 2.24) is 4.98 Å². The summed E-state index contributed by atoms with van der Waals surface area (Å²) in [6.45, 7) is 9.06. The van der Waals surface area contributed by atoms with Crippen LogP contribution >= 0.6 is 15.9 Å². The van der Waals surface area contributed by atoms with E-state index in [0.717, 1.165) is 35.4 Å². The van der Waals surface area contributed by atoms with Gasteiger partial charge in [-0.3, -0.25) is 4.98 Å². The van der Waals surface area contributed by atoms with E-state index in [1.807, 2.05) is 6.07 Å². The number of ether oxygens (including phenoxy) is 1. The van der Waals surface area contributed by atoms with Crippen LogP contribution in [0.4, 0.5) is 5.69 Å². The first-order valence-corrected chi connectivity index (χ1v) is 7.66. The highest BCUT2D eigenvalue weighted by Crippen LogP contribution is 2.32. The molecule has 3 nitrogen and oxygen atoms in total. The third kappa shape index (κ3) is 2.42. The zero-order valence-electron chi connectivity index (χ0n) is 12.1. The standard InChI is InChI=1S/C16H19BrN2O/c1-10-11(2)19-14-5-4-12(17)6-13(14)15(10)18-7-16(3)8-20-9-16/h4-6H,7-9H2,1-3H3,(H,18,19). The van der Waals surface area contributed by atoms with Gasteiger partial charge in [0.05, 0.1) is 18.7 Å². The fourth-order valence-corrected chi connectivity index (χ4v) is 2.90. The Balaban J connectivity index is 2.02. The maximum absolute atomic E-state index is 5.33. The van der Waals surface area contributed by atoms with Gasteiger partial charge in [0.25, 0.3) is 0 Å². The minimum absolute atomic E-state index is 0.252. The van der Waals surface area contributed by atoms with Gasteiger partial charge in [-0.15, -0.1) is 0 Å². The molecule has 0 atom stereocenters. The Bertz CT molecular complexity index is 665. The Kier molecular flexibility index (Phi) is 3.46. The minimum Gasteiger partial charge on any atom is -0.384 e. The molecule has 0 bridgehead atoms. The van der Waals surface area contributed by atoms with Gasteiger partial charge in [-0.1, -0.05) is 22.9 Å². The summed E-state index contributed by atoms with van der Waals surface area (Å²) >= 11 is 3.55. The summed E-state index contributed by atoms with van der Waals surface area (Å²) in [6, 6.07) is 6.23. The average molecular weight is 335 g/mol. The number of hydrogen-bond acceptors (Lipinski definition) is 3. The number of aryl methyl sites for hydroxylation is 1. The predicted molar refractivity (Wildman–Crippen MR) is 86.3 cm³/mol. The predicted octanol–water partition coefficient (Wildman–Crippen LogP) is 4.06. The van der Waals surface area contributed by atoms with Crippen molar-refractivity contribution in [1.29, 1.82) is 0 Å². The molecule has 1 aliphatic heterocycles. The molecule has 0 spiro atoms. The van der Waals surface area contributed by atoms with Gasteiger partial charge in [0, 0.05) is 33.2 Å². The molecule has 0 saturated carbocycles. The first kappa shape index (κ1) is 13.8. The molecule has 2 heterocycles. The van der Waals surface area contributed by atoms with Crippen molar-refractivity contribution in [3.8, 4) is 0 Å². The maximum Gasteiger partial charge on any atom is 0.0726 e. The zero-order valence-corrected chi connectivity index (χ0v) is 13.7. The van der Waals surface area contributed by atoms with E-state index in [4.69, 9.17) is 4.74 Å². The van der Waals surface area contributed by atoms with Crippen LogP contribution in [0.15, 0.2) is 22.7 Å².